The zero-order chi connectivity index (χ0) is 14.2. The molecule has 0 radical (unpaired) electrons. The fourth-order valence-corrected chi connectivity index (χ4v) is 2.35. The highest BCUT2D eigenvalue weighted by molar-refractivity contribution is 5.96. The molecule has 0 unspecified atom stereocenters. The van der Waals surface area contributed by atoms with Crippen LogP contribution in [0.1, 0.15) is 11.3 Å². The summed E-state index contributed by atoms with van der Waals surface area (Å²) in [5, 5.41) is 30.3. The van der Waals surface area contributed by atoms with E-state index in [1.165, 1.54) is 13.2 Å². The molecule has 0 amide bonds. The number of aromatic nitrogens is 1. The zero-order valence-corrected chi connectivity index (χ0v) is 10.6. The van der Waals surface area contributed by atoms with E-state index in [0.717, 1.165) is 0 Å². The number of benzene rings is 1. The minimum atomic E-state index is -0.540. The van der Waals surface area contributed by atoms with Crippen LogP contribution in [0.3, 0.4) is 0 Å². The van der Waals surface area contributed by atoms with Crippen LogP contribution in [-0.4, -0.2) is 26.8 Å². The van der Waals surface area contributed by atoms with E-state index >= 15 is 0 Å². The van der Waals surface area contributed by atoms with E-state index in [1.54, 1.807) is 17.7 Å². The predicted octanol–water partition coefficient (Wildman–Crippen LogP) is 1.08. The molecule has 7 heteroatoms. The van der Waals surface area contributed by atoms with Crippen molar-refractivity contribution in [3.63, 3.8) is 0 Å². The van der Waals surface area contributed by atoms with Gasteiger partial charge < -0.3 is 19.5 Å². The molecular formula is C12H14N2O5. The SMILES string of the molecule is COc1ccc2c(c(CO)c(CO)n2C)c1[N+](=O)[O-]. The van der Waals surface area contributed by atoms with Crippen molar-refractivity contribution in [2.75, 3.05) is 7.11 Å². The summed E-state index contributed by atoms with van der Waals surface area (Å²) in [5.74, 6) is 0.127. The number of nitro groups is 1. The number of nitro benzene ring substituents is 1. The van der Waals surface area contributed by atoms with E-state index < -0.39 is 4.92 Å². The van der Waals surface area contributed by atoms with E-state index in [4.69, 9.17) is 4.74 Å². The third-order valence-corrected chi connectivity index (χ3v) is 3.25. The van der Waals surface area contributed by atoms with Crippen LogP contribution in [0.4, 0.5) is 5.69 Å². The molecule has 0 saturated carbocycles. The van der Waals surface area contributed by atoms with Gasteiger partial charge in [-0.25, -0.2) is 0 Å². The van der Waals surface area contributed by atoms with Gasteiger partial charge in [-0.15, -0.1) is 0 Å². The van der Waals surface area contributed by atoms with Gasteiger partial charge in [0.05, 0.1) is 36.1 Å². The number of aliphatic hydroxyl groups excluding tert-OH is 2. The van der Waals surface area contributed by atoms with Crippen LogP contribution < -0.4 is 4.74 Å². The molecule has 2 N–H and O–H groups in total. The lowest BCUT2D eigenvalue weighted by atomic mass is 10.1. The monoisotopic (exact) mass is 266 g/mol. The number of methoxy groups -OCH3 is 1. The second kappa shape index (κ2) is 4.87. The number of rotatable bonds is 4. The lowest BCUT2D eigenvalue weighted by Crippen LogP contribution is -1.98. The van der Waals surface area contributed by atoms with Gasteiger partial charge in [-0.2, -0.15) is 0 Å². The summed E-state index contributed by atoms with van der Waals surface area (Å²) >= 11 is 0. The predicted molar refractivity (Wildman–Crippen MR) is 68.0 cm³/mol. The Morgan fingerprint density at radius 2 is 2.05 bits per heavy atom. The van der Waals surface area contributed by atoms with Crippen LogP contribution in [0.25, 0.3) is 10.9 Å². The third-order valence-electron chi connectivity index (χ3n) is 3.25. The second-order valence-electron chi connectivity index (χ2n) is 4.07. The Hall–Kier alpha value is -2.12. The summed E-state index contributed by atoms with van der Waals surface area (Å²) in [6.45, 7) is -0.693. The number of aliphatic hydroxyl groups is 2. The van der Waals surface area contributed by atoms with Gasteiger partial charge in [0.1, 0.15) is 0 Å². The molecule has 0 saturated heterocycles. The van der Waals surface area contributed by atoms with Gasteiger partial charge >= 0.3 is 5.69 Å². The van der Waals surface area contributed by atoms with Crippen molar-refractivity contribution in [2.45, 2.75) is 13.2 Å². The first-order valence-corrected chi connectivity index (χ1v) is 5.60. The smallest absolute Gasteiger partial charge is 0.320 e. The van der Waals surface area contributed by atoms with Crippen LogP contribution in [0, 0.1) is 10.1 Å². The lowest BCUT2D eigenvalue weighted by molar-refractivity contribution is -0.384. The minimum absolute atomic E-state index is 0.127. The Bertz CT molecular complexity index is 647. The molecule has 0 spiro atoms. The number of nitrogens with zero attached hydrogens (tertiary/aromatic N) is 2. The molecule has 1 heterocycles. The van der Waals surface area contributed by atoms with Gasteiger partial charge in [0.15, 0.2) is 5.75 Å². The van der Waals surface area contributed by atoms with Crippen molar-refractivity contribution in [1.82, 2.24) is 4.57 Å². The summed E-state index contributed by atoms with van der Waals surface area (Å²) in [4.78, 5) is 10.7. The van der Waals surface area contributed by atoms with Crippen LogP contribution in [0.15, 0.2) is 12.1 Å². The van der Waals surface area contributed by atoms with E-state index in [9.17, 15) is 20.3 Å². The van der Waals surface area contributed by atoms with Crippen molar-refractivity contribution in [2.24, 2.45) is 7.05 Å². The van der Waals surface area contributed by atoms with Crippen molar-refractivity contribution >= 4 is 16.6 Å². The fourth-order valence-electron chi connectivity index (χ4n) is 2.35. The molecule has 0 aliphatic carbocycles. The maximum absolute atomic E-state index is 11.2. The molecule has 7 nitrogen and oxygen atoms in total. The number of hydrogen-bond acceptors (Lipinski definition) is 5. The summed E-state index contributed by atoms with van der Waals surface area (Å²) in [5.41, 5.74) is 1.18. The summed E-state index contributed by atoms with van der Waals surface area (Å²) in [6, 6.07) is 3.17. The Morgan fingerprint density at radius 1 is 1.37 bits per heavy atom. The molecule has 0 atom stereocenters. The maximum Gasteiger partial charge on any atom is 0.320 e. The first kappa shape index (κ1) is 13.3. The van der Waals surface area contributed by atoms with Crippen LogP contribution in [-0.2, 0) is 20.3 Å². The molecule has 0 aliphatic rings. The molecule has 0 aliphatic heterocycles. The number of hydrogen-bond donors (Lipinski definition) is 2. The number of fused-ring (bicyclic) bond motifs is 1. The Kier molecular flexibility index (Phi) is 3.41. The average Bonchev–Trinajstić information content (AvgIpc) is 2.69. The highest BCUT2D eigenvalue weighted by atomic mass is 16.6. The Labute approximate surface area is 108 Å². The number of aryl methyl sites for hydroxylation is 1. The minimum Gasteiger partial charge on any atom is -0.490 e. The maximum atomic E-state index is 11.2. The van der Waals surface area contributed by atoms with Crippen LogP contribution in [0.5, 0.6) is 5.75 Å². The molecule has 102 valence electrons. The highest BCUT2D eigenvalue weighted by Crippen LogP contribution is 2.39. The van der Waals surface area contributed by atoms with E-state index in [-0.39, 0.29) is 24.7 Å². The first-order chi connectivity index (χ1) is 9.06. The van der Waals surface area contributed by atoms with Crippen molar-refractivity contribution in [3.8, 4) is 5.75 Å². The molecule has 19 heavy (non-hydrogen) atoms. The highest BCUT2D eigenvalue weighted by Gasteiger charge is 2.26. The quantitative estimate of drug-likeness (QED) is 0.637. The van der Waals surface area contributed by atoms with Crippen molar-refractivity contribution in [1.29, 1.82) is 0 Å². The van der Waals surface area contributed by atoms with Gasteiger partial charge in [0.2, 0.25) is 0 Å². The lowest BCUT2D eigenvalue weighted by Gasteiger charge is -2.04. The Balaban J connectivity index is 2.98. The van der Waals surface area contributed by atoms with E-state index in [0.29, 0.717) is 22.2 Å². The summed E-state index contributed by atoms with van der Waals surface area (Å²) in [6.07, 6.45) is 0. The van der Waals surface area contributed by atoms with Crippen LogP contribution >= 0.6 is 0 Å². The van der Waals surface area contributed by atoms with Gasteiger partial charge in [0, 0.05) is 18.3 Å². The van der Waals surface area contributed by atoms with Crippen molar-refractivity contribution in [3.05, 3.63) is 33.5 Å². The third kappa shape index (κ3) is 1.83. The molecular weight excluding hydrogens is 252 g/mol. The summed E-state index contributed by atoms with van der Waals surface area (Å²) < 4.78 is 6.63. The van der Waals surface area contributed by atoms with Gasteiger partial charge in [0.25, 0.3) is 0 Å². The molecule has 1 aromatic heterocycles. The van der Waals surface area contributed by atoms with E-state index in [2.05, 4.69) is 0 Å². The largest absolute Gasteiger partial charge is 0.490 e. The van der Waals surface area contributed by atoms with Gasteiger partial charge in [-0.05, 0) is 12.1 Å². The first-order valence-electron chi connectivity index (χ1n) is 5.60. The topological polar surface area (TPSA) is 97.8 Å². The molecule has 0 fully saturated rings. The molecule has 0 bridgehead atoms. The van der Waals surface area contributed by atoms with Crippen molar-refractivity contribution < 1.29 is 19.9 Å². The normalized spacial score (nSPS) is 10.9. The molecule has 2 aromatic rings. The standard InChI is InChI=1S/C12H14N2O5/c1-13-8-3-4-10(19-2)12(14(17)18)11(8)7(5-15)9(13)6-16/h3-4,15-16H,5-6H2,1-2H3. The fraction of sp³-hybridized carbons (Fsp3) is 0.333. The van der Waals surface area contributed by atoms with Gasteiger partial charge in [-0.3, -0.25) is 10.1 Å². The van der Waals surface area contributed by atoms with Crippen LogP contribution in [0.2, 0.25) is 0 Å². The van der Waals surface area contributed by atoms with Gasteiger partial charge in [-0.1, -0.05) is 0 Å². The molecule has 1 aromatic carbocycles. The molecule has 2 rings (SSSR count). The van der Waals surface area contributed by atoms with E-state index in [1.807, 2.05) is 0 Å². The average molecular weight is 266 g/mol. The zero-order valence-electron chi connectivity index (χ0n) is 10.6. The Morgan fingerprint density at radius 3 is 2.53 bits per heavy atom. The summed E-state index contributed by atoms with van der Waals surface area (Å²) in [7, 11) is 3.03. The second-order valence-corrected chi connectivity index (χ2v) is 4.07. The number of ether oxygens (including phenoxy) is 1.